The van der Waals surface area contributed by atoms with Gasteiger partial charge >= 0.3 is 0 Å². The number of nitrogens with zero attached hydrogens (tertiary/aromatic N) is 1. The zero-order valence-corrected chi connectivity index (χ0v) is 14.7. The van der Waals surface area contributed by atoms with E-state index in [1.54, 1.807) is 0 Å². The molecule has 0 saturated carbocycles. The van der Waals surface area contributed by atoms with Crippen LogP contribution in [-0.2, 0) is 11.2 Å². The number of carbonyl (C=O) groups excluding carboxylic acids is 1. The summed E-state index contributed by atoms with van der Waals surface area (Å²) in [6.45, 7) is 6.05. The fraction of sp³-hybridized carbons (Fsp3) is 0.429. The average Bonchev–Trinajstić information content (AvgIpc) is 2.78. The van der Waals surface area contributed by atoms with E-state index in [1.807, 2.05) is 26.0 Å². The smallest absolute Gasteiger partial charge is 0.240 e. The molecule has 1 heterocycles. The highest BCUT2D eigenvalue weighted by Crippen LogP contribution is 2.32. The van der Waals surface area contributed by atoms with Crippen LogP contribution in [0.4, 0.5) is 5.13 Å². The molecule has 2 rings (SSSR count). The van der Waals surface area contributed by atoms with Gasteiger partial charge in [0.05, 0.1) is 15.0 Å². The minimum Gasteiger partial charge on any atom is -0.301 e. The van der Waals surface area contributed by atoms with E-state index < -0.39 is 0 Å². The molecule has 0 aliphatic heterocycles. The quantitative estimate of drug-likeness (QED) is 0.775. The number of thiazole rings is 1. The molecule has 3 nitrogen and oxygen atoms in total. The van der Waals surface area contributed by atoms with Crippen molar-refractivity contribution in [3.63, 3.8) is 0 Å². The third-order valence-corrected chi connectivity index (χ3v) is 5.59. The molecule has 20 heavy (non-hydrogen) atoms. The minimum atomic E-state index is -0.219. The Labute approximate surface area is 135 Å². The van der Waals surface area contributed by atoms with Crippen LogP contribution in [0.1, 0.15) is 26.3 Å². The third kappa shape index (κ3) is 3.32. The fourth-order valence-electron chi connectivity index (χ4n) is 1.86. The summed E-state index contributed by atoms with van der Waals surface area (Å²) >= 11 is 10.9. The molecule has 0 unspecified atom stereocenters. The number of hydrogen-bond acceptors (Lipinski definition) is 3. The Balaban J connectivity index is 2.31. The lowest BCUT2D eigenvalue weighted by Gasteiger charge is -2.11. The summed E-state index contributed by atoms with van der Waals surface area (Å²) in [4.78, 5) is 16.3. The number of hydrogen-bond donors (Lipinski definition) is 1. The summed E-state index contributed by atoms with van der Waals surface area (Å²) in [5, 5.41) is 4.18. The zero-order chi connectivity index (χ0) is 14.9. The molecular formula is C14H16BrClN2OS. The van der Waals surface area contributed by atoms with Gasteiger partial charge in [-0.15, -0.1) is 0 Å². The second kappa shape index (κ2) is 6.41. The van der Waals surface area contributed by atoms with Crippen molar-refractivity contribution in [3.05, 3.63) is 22.7 Å². The van der Waals surface area contributed by atoms with Crippen molar-refractivity contribution in [2.24, 2.45) is 5.92 Å². The van der Waals surface area contributed by atoms with E-state index in [1.165, 1.54) is 11.3 Å². The van der Waals surface area contributed by atoms with Crippen LogP contribution in [0.15, 0.2) is 12.1 Å². The Morgan fingerprint density at radius 2 is 2.20 bits per heavy atom. The summed E-state index contributed by atoms with van der Waals surface area (Å²) in [5.74, 6) is 0.160. The van der Waals surface area contributed by atoms with Gasteiger partial charge in [0.1, 0.15) is 0 Å². The first kappa shape index (κ1) is 15.7. The van der Waals surface area contributed by atoms with E-state index in [0.717, 1.165) is 22.2 Å². The maximum absolute atomic E-state index is 12.0. The highest BCUT2D eigenvalue weighted by atomic mass is 79.9. The third-order valence-electron chi connectivity index (χ3n) is 2.99. The first-order chi connectivity index (χ1) is 9.42. The molecule has 0 spiro atoms. The topological polar surface area (TPSA) is 42.0 Å². The molecule has 0 fully saturated rings. The second-order valence-corrected chi connectivity index (χ2v) is 7.37. The number of aryl methyl sites for hydroxylation is 1. The Morgan fingerprint density at radius 3 is 2.80 bits per heavy atom. The number of benzene rings is 1. The van der Waals surface area contributed by atoms with Crippen LogP contribution >= 0.6 is 38.9 Å². The predicted octanol–water partition coefficient (Wildman–Crippen LogP) is 4.87. The highest BCUT2D eigenvalue weighted by Gasteiger charge is 2.20. The standard InChI is InChI=1S/C14H16BrClN2OS/c1-4-8-5-9(16)6-10-12(8)17-14(20-10)18-13(19)11(15)7(2)3/h5-7,11H,4H2,1-3H3,(H,17,18,19)/t11-/m1/s1. The molecule has 0 saturated heterocycles. The maximum atomic E-state index is 12.0. The molecule has 0 radical (unpaired) electrons. The van der Waals surface area contributed by atoms with Crippen LogP contribution < -0.4 is 5.32 Å². The molecule has 0 aliphatic carbocycles. The number of fused-ring (bicyclic) bond motifs is 1. The van der Waals surface area contributed by atoms with E-state index in [-0.39, 0.29) is 16.7 Å². The van der Waals surface area contributed by atoms with Gasteiger partial charge in [-0.3, -0.25) is 4.79 Å². The van der Waals surface area contributed by atoms with Gasteiger partial charge in [0.2, 0.25) is 5.91 Å². The highest BCUT2D eigenvalue weighted by molar-refractivity contribution is 9.10. The molecule has 1 aromatic carbocycles. The molecule has 1 atom stereocenters. The van der Waals surface area contributed by atoms with Gasteiger partial charge in [0.15, 0.2) is 5.13 Å². The van der Waals surface area contributed by atoms with Crippen molar-refractivity contribution in [2.45, 2.75) is 32.0 Å². The number of carbonyl (C=O) groups is 1. The SMILES string of the molecule is CCc1cc(Cl)cc2sc(NC(=O)[C@H](Br)C(C)C)nc12. The number of nitrogens with one attached hydrogen (secondary N) is 1. The Kier molecular flexibility index (Phi) is 5.04. The fourth-order valence-corrected chi connectivity index (χ4v) is 3.24. The van der Waals surface area contributed by atoms with Crippen LogP contribution in [0.2, 0.25) is 5.02 Å². The van der Waals surface area contributed by atoms with Crippen LogP contribution in [0.5, 0.6) is 0 Å². The molecule has 1 aromatic heterocycles. The largest absolute Gasteiger partial charge is 0.301 e. The number of aromatic nitrogens is 1. The van der Waals surface area contributed by atoms with E-state index in [9.17, 15) is 4.79 Å². The average molecular weight is 376 g/mol. The van der Waals surface area contributed by atoms with E-state index in [0.29, 0.717) is 10.2 Å². The number of anilines is 1. The first-order valence-corrected chi connectivity index (χ1v) is 8.57. The van der Waals surface area contributed by atoms with Crippen LogP contribution in [0.3, 0.4) is 0 Å². The summed E-state index contributed by atoms with van der Waals surface area (Å²) in [7, 11) is 0. The van der Waals surface area contributed by atoms with E-state index in [4.69, 9.17) is 11.6 Å². The summed E-state index contributed by atoms with van der Waals surface area (Å²) in [6, 6.07) is 3.81. The molecular weight excluding hydrogens is 360 g/mol. The minimum absolute atomic E-state index is 0.0665. The Morgan fingerprint density at radius 1 is 1.50 bits per heavy atom. The lowest BCUT2D eigenvalue weighted by molar-refractivity contribution is -0.116. The van der Waals surface area contributed by atoms with E-state index >= 15 is 0 Å². The van der Waals surface area contributed by atoms with E-state index in [2.05, 4.69) is 33.2 Å². The number of amides is 1. The van der Waals surface area contributed by atoms with Gasteiger partial charge < -0.3 is 5.32 Å². The lowest BCUT2D eigenvalue weighted by Crippen LogP contribution is -2.26. The zero-order valence-electron chi connectivity index (χ0n) is 11.5. The second-order valence-electron chi connectivity index (χ2n) is 4.92. The van der Waals surface area contributed by atoms with Crippen LogP contribution in [-0.4, -0.2) is 15.7 Å². The van der Waals surface area contributed by atoms with Crippen molar-refractivity contribution < 1.29 is 4.79 Å². The Bertz CT molecular complexity index is 641. The molecule has 1 amide bonds. The normalized spacial score (nSPS) is 12.9. The molecule has 108 valence electrons. The van der Waals surface area contributed by atoms with Crippen molar-refractivity contribution >= 4 is 60.1 Å². The predicted molar refractivity (Wildman–Crippen MR) is 90.2 cm³/mol. The van der Waals surface area contributed by atoms with Gasteiger partial charge in [0, 0.05) is 5.02 Å². The number of alkyl halides is 1. The van der Waals surface area contributed by atoms with Gasteiger partial charge in [-0.05, 0) is 30.0 Å². The lowest BCUT2D eigenvalue weighted by atomic mass is 10.1. The summed E-state index contributed by atoms with van der Waals surface area (Å²) in [6.07, 6.45) is 0.862. The number of rotatable bonds is 4. The van der Waals surface area contributed by atoms with Gasteiger partial charge in [-0.1, -0.05) is 59.6 Å². The van der Waals surface area contributed by atoms with Crippen LogP contribution in [0.25, 0.3) is 10.2 Å². The Hall–Kier alpha value is -0.650. The van der Waals surface area contributed by atoms with Crippen molar-refractivity contribution in [3.8, 4) is 0 Å². The molecule has 0 aliphatic rings. The van der Waals surface area contributed by atoms with Gasteiger partial charge in [-0.2, -0.15) is 0 Å². The molecule has 2 aromatic rings. The summed E-state index contributed by atoms with van der Waals surface area (Å²) in [5.41, 5.74) is 2.02. The molecule has 1 N–H and O–H groups in total. The monoisotopic (exact) mass is 374 g/mol. The van der Waals surface area contributed by atoms with Crippen LogP contribution in [0, 0.1) is 5.92 Å². The summed E-state index contributed by atoms with van der Waals surface area (Å²) < 4.78 is 1.00. The van der Waals surface area contributed by atoms with Crippen molar-refractivity contribution in [1.29, 1.82) is 0 Å². The number of halogens is 2. The molecule has 0 bridgehead atoms. The van der Waals surface area contributed by atoms with Gasteiger partial charge in [0.25, 0.3) is 0 Å². The molecule has 6 heteroatoms. The van der Waals surface area contributed by atoms with Crippen molar-refractivity contribution in [1.82, 2.24) is 4.98 Å². The van der Waals surface area contributed by atoms with Gasteiger partial charge in [-0.25, -0.2) is 4.98 Å². The van der Waals surface area contributed by atoms with Crippen molar-refractivity contribution in [2.75, 3.05) is 5.32 Å². The first-order valence-electron chi connectivity index (χ1n) is 6.46. The maximum Gasteiger partial charge on any atom is 0.240 e.